The number of thioether (sulfide) groups is 1. The van der Waals surface area contributed by atoms with Gasteiger partial charge in [-0.3, -0.25) is 9.36 Å². The van der Waals surface area contributed by atoms with Crippen molar-refractivity contribution in [2.24, 2.45) is 0 Å². The van der Waals surface area contributed by atoms with Crippen LogP contribution in [-0.4, -0.2) is 26.4 Å². The number of rotatable bonds is 6. The van der Waals surface area contributed by atoms with Crippen molar-refractivity contribution in [2.75, 3.05) is 11.1 Å². The van der Waals surface area contributed by atoms with Crippen molar-refractivity contribution < 1.29 is 9.18 Å². The number of hydrogen-bond donors (Lipinski definition) is 1. The van der Waals surface area contributed by atoms with Crippen molar-refractivity contribution >= 4 is 46.6 Å². The summed E-state index contributed by atoms with van der Waals surface area (Å²) in [6, 6.07) is 18.9. The van der Waals surface area contributed by atoms with Gasteiger partial charge in [-0.2, -0.15) is 0 Å². The largest absolute Gasteiger partial charge is 0.324 e. The number of aromatic nitrogens is 3. The normalized spacial score (nSPS) is 10.9. The highest BCUT2D eigenvalue weighted by Gasteiger charge is 2.19. The molecule has 0 unspecified atom stereocenters. The number of nitrogens with one attached hydrogen (secondary N) is 1. The predicted molar refractivity (Wildman–Crippen MR) is 127 cm³/mol. The zero-order valence-electron chi connectivity index (χ0n) is 16.8. The second-order valence-electron chi connectivity index (χ2n) is 6.92. The van der Waals surface area contributed by atoms with Gasteiger partial charge in [-0.25, -0.2) is 4.39 Å². The van der Waals surface area contributed by atoms with E-state index in [1.54, 1.807) is 41.0 Å². The number of hydrogen-bond acceptors (Lipinski definition) is 4. The third-order valence-corrected chi connectivity index (χ3v) is 6.05. The molecular formula is C23H17Cl2FN4OS. The van der Waals surface area contributed by atoms with E-state index in [0.29, 0.717) is 32.3 Å². The highest BCUT2D eigenvalue weighted by molar-refractivity contribution is 7.99. The molecule has 32 heavy (non-hydrogen) atoms. The third kappa shape index (κ3) is 4.96. The molecule has 4 rings (SSSR count). The lowest BCUT2D eigenvalue weighted by Crippen LogP contribution is -2.15. The minimum atomic E-state index is -0.403. The van der Waals surface area contributed by atoms with E-state index in [4.69, 9.17) is 23.2 Å². The molecule has 0 aliphatic carbocycles. The molecule has 162 valence electrons. The Morgan fingerprint density at radius 2 is 1.81 bits per heavy atom. The van der Waals surface area contributed by atoms with E-state index in [-0.39, 0.29) is 11.7 Å². The summed E-state index contributed by atoms with van der Waals surface area (Å²) >= 11 is 13.2. The maximum atomic E-state index is 14.5. The van der Waals surface area contributed by atoms with E-state index in [0.717, 1.165) is 11.3 Å². The summed E-state index contributed by atoms with van der Waals surface area (Å²) in [7, 11) is 0. The van der Waals surface area contributed by atoms with Crippen molar-refractivity contribution in [1.82, 2.24) is 14.8 Å². The van der Waals surface area contributed by atoms with Gasteiger partial charge in [0.1, 0.15) is 5.82 Å². The first-order chi connectivity index (χ1) is 15.4. The highest BCUT2D eigenvalue weighted by Crippen LogP contribution is 2.30. The third-order valence-electron chi connectivity index (χ3n) is 4.58. The van der Waals surface area contributed by atoms with Gasteiger partial charge in [-0.1, -0.05) is 64.8 Å². The van der Waals surface area contributed by atoms with Gasteiger partial charge in [-0.15, -0.1) is 10.2 Å². The molecule has 1 amide bonds. The Labute approximate surface area is 198 Å². The summed E-state index contributed by atoms with van der Waals surface area (Å²) in [6.45, 7) is 1.98. The molecule has 3 aromatic carbocycles. The summed E-state index contributed by atoms with van der Waals surface area (Å²) in [4.78, 5) is 12.5. The Balaban J connectivity index is 1.61. The van der Waals surface area contributed by atoms with Gasteiger partial charge in [0.2, 0.25) is 5.91 Å². The topological polar surface area (TPSA) is 59.8 Å². The van der Waals surface area contributed by atoms with Crippen LogP contribution in [0, 0.1) is 12.7 Å². The molecule has 0 saturated heterocycles. The van der Waals surface area contributed by atoms with Gasteiger partial charge in [0.25, 0.3) is 0 Å². The first-order valence-corrected chi connectivity index (χ1v) is 11.3. The fourth-order valence-corrected chi connectivity index (χ4v) is 4.22. The molecule has 0 radical (unpaired) electrons. The van der Waals surface area contributed by atoms with E-state index < -0.39 is 5.82 Å². The minimum Gasteiger partial charge on any atom is -0.324 e. The smallest absolute Gasteiger partial charge is 0.234 e. The van der Waals surface area contributed by atoms with Crippen LogP contribution in [0.3, 0.4) is 0 Å². The average Bonchev–Trinajstić information content (AvgIpc) is 3.19. The molecule has 5 nitrogen and oxygen atoms in total. The van der Waals surface area contributed by atoms with Crippen LogP contribution in [0.25, 0.3) is 17.1 Å². The van der Waals surface area contributed by atoms with E-state index in [9.17, 15) is 9.18 Å². The fraction of sp³-hybridized carbons (Fsp3) is 0.0870. The van der Waals surface area contributed by atoms with Crippen LogP contribution < -0.4 is 5.32 Å². The van der Waals surface area contributed by atoms with Crippen molar-refractivity contribution in [1.29, 1.82) is 0 Å². The zero-order valence-corrected chi connectivity index (χ0v) is 19.2. The number of anilines is 1. The highest BCUT2D eigenvalue weighted by atomic mass is 35.5. The maximum absolute atomic E-state index is 14.5. The second kappa shape index (κ2) is 9.73. The van der Waals surface area contributed by atoms with Crippen LogP contribution in [-0.2, 0) is 4.79 Å². The van der Waals surface area contributed by atoms with E-state index in [2.05, 4.69) is 15.5 Å². The molecule has 4 aromatic rings. The first kappa shape index (κ1) is 22.3. The van der Waals surface area contributed by atoms with Crippen molar-refractivity contribution in [2.45, 2.75) is 12.1 Å². The van der Waals surface area contributed by atoms with Gasteiger partial charge in [0.15, 0.2) is 11.0 Å². The number of amides is 1. The van der Waals surface area contributed by atoms with Crippen LogP contribution in [0.2, 0.25) is 10.0 Å². The molecule has 0 spiro atoms. The monoisotopic (exact) mass is 486 g/mol. The Morgan fingerprint density at radius 1 is 1.06 bits per heavy atom. The van der Waals surface area contributed by atoms with E-state index in [1.165, 1.54) is 17.8 Å². The first-order valence-electron chi connectivity index (χ1n) is 9.57. The van der Waals surface area contributed by atoms with Crippen LogP contribution in [0.5, 0.6) is 0 Å². The molecule has 1 aromatic heterocycles. The van der Waals surface area contributed by atoms with Gasteiger partial charge in [0, 0.05) is 10.7 Å². The van der Waals surface area contributed by atoms with Gasteiger partial charge in [0.05, 0.1) is 22.0 Å². The Bertz CT molecular complexity index is 1280. The molecule has 0 aliphatic heterocycles. The predicted octanol–water partition coefficient (Wildman–Crippen LogP) is 6.42. The summed E-state index contributed by atoms with van der Waals surface area (Å²) in [5, 5.41) is 12.5. The van der Waals surface area contributed by atoms with Crippen molar-refractivity contribution in [3.8, 4) is 17.1 Å². The van der Waals surface area contributed by atoms with Gasteiger partial charge < -0.3 is 5.32 Å². The molecule has 0 atom stereocenters. The lowest BCUT2D eigenvalue weighted by atomic mass is 10.2. The summed E-state index contributed by atoms with van der Waals surface area (Å²) in [5.41, 5.74) is 2.64. The Kier molecular flexibility index (Phi) is 6.79. The fourth-order valence-electron chi connectivity index (χ4n) is 3.01. The molecule has 0 fully saturated rings. The zero-order chi connectivity index (χ0) is 22.7. The number of nitrogens with zero attached hydrogens (tertiary/aromatic N) is 3. The summed E-state index contributed by atoms with van der Waals surface area (Å²) in [5.74, 6) is -0.263. The van der Waals surface area contributed by atoms with Crippen LogP contribution in [0.15, 0.2) is 71.9 Å². The number of carbonyl (C=O) groups excluding carboxylic acids is 1. The van der Waals surface area contributed by atoms with Crippen molar-refractivity contribution in [3.05, 3.63) is 88.2 Å². The summed E-state index contributed by atoms with van der Waals surface area (Å²) in [6.07, 6.45) is 0. The molecule has 0 saturated carbocycles. The quantitative estimate of drug-likeness (QED) is 0.319. The second-order valence-corrected chi connectivity index (χ2v) is 8.70. The lowest BCUT2D eigenvalue weighted by Gasteiger charge is -2.11. The number of carbonyl (C=O) groups is 1. The number of benzene rings is 3. The molecule has 1 N–H and O–H groups in total. The molecule has 0 aliphatic rings. The molecule has 9 heteroatoms. The van der Waals surface area contributed by atoms with Crippen LogP contribution in [0.1, 0.15) is 5.56 Å². The minimum absolute atomic E-state index is 0.0558. The lowest BCUT2D eigenvalue weighted by molar-refractivity contribution is -0.113. The average molecular weight is 487 g/mol. The van der Waals surface area contributed by atoms with Crippen LogP contribution >= 0.6 is 35.0 Å². The maximum Gasteiger partial charge on any atom is 0.234 e. The van der Waals surface area contributed by atoms with Crippen LogP contribution in [0.4, 0.5) is 10.1 Å². The SMILES string of the molecule is Cc1ccc(-n2c(SCC(=O)Nc3ccc(Cl)cc3Cl)nnc2-c2ccccc2F)cc1. The van der Waals surface area contributed by atoms with Gasteiger partial charge in [-0.05, 0) is 49.4 Å². The number of aryl methyl sites for hydroxylation is 1. The Hall–Kier alpha value is -2.87. The molecule has 0 bridgehead atoms. The standard InChI is InChI=1S/C23H17Cl2FN4OS/c1-14-6-9-16(10-7-14)30-22(17-4-2-3-5-19(17)26)28-29-23(30)32-13-21(31)27-20-11-8-15(24)12-18(20)25/h2-12H,13H2,1H3,(H,27,31). The van der Waals surface area contributed by atoms with E-state index >= 15 is 0 Å². The van der Waals surface area contributed by atoms with Gasteiger partial charge >= 0.3 is 0 Å². The Morgan fingerprint density at radius 3 is 2.53 bits per heavy atom. The summed E-state index contributed by atoms with van der Waals surface area (Å²) < 4.78 is 16.2. The molecular weight excluding hydrogens is 470 g/mol. The van der Waals surface area contributed by atoms with Crippen molar-refractivity contribution in [3.63, 3.8) is 0 Å². The number of halogens is 3. The molecule has 1 heterocycles. The van der Waals surface area contributed by atoms with E-state index in [1.807, 2.05) is 31.2 Å².